The van der Waals surface area contributed by atoms with Crippen LogP contribution in [0.5, 0.6) is 0 Å². The first kappa shape index (κ1) is 78.6. The van der Waals surface area contributed by atoms with Crippen LogP contribution in [0.1, 0.15) is 425 Å². The van der Waals surface area contributed by atoms with E-state index in [0.717, 1.165) is 38.5 Å². The standard InChI is InChI=1S/C74H145NO5/c1-3-5-7-9-11-13-15-16-40-43-47-50-54-58-62-66-72(77)71(70-76)75-73(78)67-63-59-55-51-48-44-41-38-36-34-32-30-28-26-24-22-20-18-17-19-21-23-25-27-29-31-33-35-37-39-42-45-49-53-57-61-65-69-80-74(79)68-64-60-56-52-46-14-12-10-8-6-4-2/h17,19,71-72,76-77H,3-16,18,20-70H2,1-2H3,(H,75,78)/b19-17-. The highest BCUT2D eigenvalue weighted by Crippen LogP contribution is 2.19. The van der Waals surface area contributed by atoms with Crippen molar-refractivity contribution in [3.8, 4) is 0 Å². The van der Waals surface area contributed by atoms with Crippen LogP contribution in [0, 0.1) is 0 Å². The van der Waals surface area contributed by atoms with E-state index in [0.29, 0.717) is 25.9 Å². The van der Waals surface area contributed by atoms with Crippen molar-refractivity contribution in [2.45, 2.75) is 437 Å². The molecule has 0 aliphatic heterocycles. The number of amides is 1. The minimum atomic E-state index is -0.660. The number of nitrogens with one attached hydrogen (secondary N) is 1. The van der Waals surface area contributed by atoms with Gasteiger partial charge < -0.3 is 20.3 Å². The van der Waals surface area contributed by atoms with Gasteiger partial charge >= 0.3 is 5.97 Å². The summed E-state index contributed by atoms with van der Waals surface area (Å²) in [6.45, 7) is 4.99. The van der Waals surface area contributed by atoms with Crippen molar-refractivity contribution in [1.29, 1.82) is 0 Å². The van der Waals surface area contributed by atoms with Crippen molar-refractivity contribution in [2.24, 2.45) is 0 Å². The van der Waals surface area contributed by atoms with E-state index in [1.54, 1.807) is 0 Å². The monoisotopic (exact) mass is 1130 g/mol. The molecule has 0 fully saturated rings. The second-order valence-electron chi connectivity index (χ2n) is 25.6. The molecule has 0 aromatic rings. The number of unbranched alkanes of at least 4 members (excludes halogenated alkanes) is 57. The highest BCUT2D eigenvalue weighted by atomic mass is 16.5. The Hall–Kier alpha value is -1.40. The van der Waals surface area contributed by atoms with Gasteiger partial charge in [-0.15, -0.1) is 0 Å². The van der Waals surface area contributed by atoms with Gasteiger partial charge in [-0.25, -0.2) is 0 Å². The van der Waals surface area contributed by atoms with E-state index in [9.17, 15) is 19.8 Å². The van der Waals surface area contributed by atoms with Crippen LogP contribution in [0.3, 0.4) is 0 Å². The van der Waals surface area contributed by atoms with E-state index in [1.165, 1.54) is 353 Å². The van der Waals surface area contributed by atoms with Crippen LogP contribution in [0.2, 0.25) is 0 Å². The van der Waals surface area contributed by atoms with E-state index >= 15 is 0 Å². The number of ether oxygens (including phenoxy) is 1. The topological polar surface area (TPSA) is 95.9 Å². The van der Waals surface area contributed by atoms with E-state index in [1.807, 2.05) is 0 Å². The third kappa shape index (κ3) is 65.7. The molecule has 3 N–H and O–H groups in total. The summed E-state index contributed by atoms with van der Waals surface area (Å²) in [6.07, 6.45) is 87.2. The fraction of sp³-hybridized carbons (Fsp3) is 0.946. The van der Waals surface area contributed by atoms with Crippen LogP contribution in [-0.2, 0) is 14.3 Å². The van der Waals surface area contributed by atoms with E-state index < -0.39 is 12.1 Å². The SMILES string of the molecule is CCCCCCCCCCCCCCCCCC(O)C(CO)NC(=O)CCCCCCCCCCCCCCCCCCC/C=C\CCCCCCCCCCCCCCCCCCOC(=O)CCCCCCCCCCCCC. The van der Waals surface area contributed by atoms with Crippen LogP contribution in [0.4, 0.5) is 0 Å². The molecule has 476 valence electrons. The molecule has 80 heavy (non-hydrogen) atoms. The van der Waals surface area contributed by atoms with Crippen LogP contribution in [-0.4, -0.2) is 47.4 Å². The summed E-state index contributed by atoms with van der Waals surface area (Å²) in [6, 6.07) is -0.537. The highest BCUT2D eigenvalue weighted by molar-refractivity contribution is 5.76. The number of esters is 1. The van der Waals surface area contributed by atoms with Crippen molar-refractivity contribution < 1.29 is 24.5 Å². The smallest absolute Gasteiger partial charge is 0.305 e. The van der Waals surface area contributed by atoms with Crippen LogP contribution in [0.25, 0.3) is 0 Å². The molecule has 0 saturated heterocycles. The van der Waals surface area contributed by atoms with Crippen molar-refractivity contribution in [1.82, 2.24) is 5.32 Å². The predicted molar refractivity (Wildman–Crippen MR) is 352 cm³/mol. The van der Waals surface area contributed by atoms with E-state index in [4.69, 9.17) is 4.74 Å². The number of hydrogen-bond donors (Lipinski definition) is 3. The van der Waals surface area contributed by atoms with Gasteiger partial charge in [-0.05, 0) is 51.4 Å². The Bertz CT molecular complexity index is 1210. The summed E-state index contributed by atoms with van der Waals surface area (Å²) < 4.78 is 5.48. The first-order valence-electron chi connectivity index (χ1n) is 36.9. The van der Waals surface area contributed by atoms with E-state index in [2.05, 4.69) is 31.3 Å². The van der Waals surface area contributed by atoms with Gasteiger partial charge in [0, 0.05) is 12.8 Å². The molecule has 6 heteroatoms. The zero-order chi connectivity index (χ0) is 57.8. The second kappa shape index (κ2) is 70.1. The summed E-state index contributed by atoms with van der Waals surface area (Å²) in [5.74, 6) is -0.00545. The molecule has 0 saturated carbocycles. The Morgan fingerprint density at radius 1 is 0.338 bits per heavy atom. The molecule has 0 aliphatic carbocycles. The van der Waals surface area contributed by atoms with Crippen molar-refractivity contribution in [3.63, 3.8) is 0 Å². The lowest BCUT2D eigenvalue weighted by Crippen LogP contribution is -2.45. The summed E-state index contributed by atoms with van der Waals surface area (Å²) in [4.78, 5) is 24.5. The predicted octanol–water partition coefficient (Wildman–Crippen LogP) is 23.9. The maximum absolute atomic E-state index is 12.5. The number of aliphatic hydroxyl groups is 2. The quantitative estimate of drug-likeness (QED) is 0.0320. The molecule has 0 aromatic heterocycles. The minimum absolute atomic E-state index is 0.0219. The summed E-state index contributed by atoms with van der Waals surface area (Å²) in [7, 11) is 0. The summed E-state index contributed by atoms with van der Waals surface area (Å²) in [5.41, 5.74) is 0. The van der Waals surface area contributed by atoms with Crippen LogP contribution in [0.15, 0.2) is 12.2 Å². The Kier molecular flexibility index (Phi) is 68.9. The molecule has 0 rings (SSSR count). The Morgan fingerprint density at radius 3 is 0.887 bits per heavy atom. The molecule has 0 radical (unpaired) electrons. The first-order valence-corrected chi connectivity index (χ1v) is 36.9. The number of rotatable bonds is 70. The van der Waals surface area contributed by atoms with Gasteiger partial charge in [-0.2, -0.15) is 0 Å². The lowest BCUT2D eigenvalue weighted by Gasteiger charge is -2.22. The molecular weight excluding hydrogens is 983 g/mol. The van der Waals surface area contributed by atoms with Crippen molar-refractivity contribution in [2.75, 3.05) is 13.2 Å². The minimum Gasteiger partial charge on any atom is -0.466 e. The maximum Gasteiger partial charge on any atom is 0.305 e. The molecule has 0 heterocycles. The number of hydrogen-bond acceptors (Lipinski definition) is 5. The second-order valence-corrected chi connectivity index (χ2v) is 25.6. The fourth-order valence-electron chi connectivity index (χ4n) is 11.9. The lowest BCUT2D eigenvalue weighted by atomic mass is 10.0. The Labute approximate surface area is 501 Å². The van der Waals surface area contributed by atoms with Crippen molar-refractivity contribution in [3.05, 3.63) is 12.2 Å². The van der Waals surface area contributed by atoms with Gasteiger partial charge in [0.15, 0.2) is 0 Å². The molecule has 1 amide bonds. The number of aliphatic hydroxyl groups excluding tert-OH is 2. The van der Waals surface area contributed by atoms with Gasteiger partial charge in [0.25, 0.3) is 0 Å². The molecule has 0 aliphatic rings. The first-order chi connectivity index (χ1) is 39.5. The largest absolute Gasteiger partial charge is 0.466 e. The lowest BCUT2D eigenvalue weighted by molar-refractivity contribution is -0.143. The zero-order valence-electron chi connectivity index (χ0n) is 54.6. The molecular formula is C74H145NO5. The van der Waals surface area contributed by atoms with Gasteiger partial charge in [-0.1, -0.05) is 373 Å². The summed E-state index contributed by atoms with van der Waals surface area (Å²) in [5, 5.41) is 23.3. The average molecular weight is 1130 g/mol. The zero-order valence-corrected chi connectivity index (χ0v) is 54.6. The molecule has 2 unspecified atom stereocenters. The molecule has 0 spiro atoms. The van der Waals surface area contributed by atoms with Gasteiger partial charge in [0.1, 0.15) is 0 Å². The Morgan fingerprint density at radius 2 is 0.588 bits per heavy atom. The molecule has 0 aromatic carbocycles. The number of carbonyl (C=O) groups excluding carboxylic acids is 2. The van der Waals surface area contributed by atoms with Gasteiger partial charge in [-0.3, -0.25) is 9.59 Å². The maximum atomic E-state index is 12.5. The van der Waals surface area contributed by atoms with Gasteiger partial charge in [0.05, 0.1) is 25.4 Å². The highest BCUT2D eigenvalue weighted by Gasteiger charge is 2.20. The molecule has 2 atom stereocenters. The van der Waals surface area contributed by atoms with Crippen molar-refractivity contribution >= 4 is 11.9 Å². The molecule has 0 bridgehead atoms. The normalized spacial score (nSPS) is 12.5. The van der Waals surface area contributed by atoms with Crippen LogP contribution >= 0.6 is 0 Å². The van der Waals surface area contributed by atoms with E-state index in [-0.39, 0.29) is 18.5 Å². The fourth-order valence-corrected chi connectivity index (χ4v) is 11.9. The third-order valence-electron chi connectivity index (χ3n) is 17.6. The summed E-state index contributed by atoms with van der Waals surface area (Å²) >= 11 is 0. The average Bonchev–Trinajstić information content (AvgIpc) is 3.46. The van der Waals surface area contributed by atoms with Gasteiger partial charge in [0.2, 0.25) is 5.91 Å². The number of carbonyl (C=O) groups is 2. The Balaban J connectivity index is 3.32. The van der Waals surface area contributed by atoms with Crippen LogP contribution < -0.4 is 5.32 Å². The number of allylic oxidation sites excluding steroid dienone is 2. The third-order valence-corrected chi connectivity index (χ3v) is 17.6. The molecule has 6 nitrogen and oxygen atoms in total.